The molecule has 4 bridgehead atoms. The summed E-state index contributed by atoms with van der Waals surface area (Å²) in [7, 11) is 0. The quantitative estimate of drug-likeness (QED) is 0.740. The third-order valence-corrected chi connectivity index (χ3v) is 5.27. The van der Waals surface area contributed by atoms with Gasteiger partial charge in [0.25, 0.3) is 0 Å². The Kier molecular flexibility index (Phi) is 2.30. The standard InChI is InChI=1S/C13H20ClNO/c1-9(16)15-8-12-3-10-2-11(4-12)6-13(14,5-10)7-12/h10-11H,2-8H2,1H3,(H,15,16). The first kappa shape index (κ1) is 10.9. The van der Waals surface area contributed by atoms with Gasteiger partial charge < -0.3 is 5.32 Å². The number of nitrogens with one attached hydrogen (secondary N) is 1. The summed E-state index contributed by atoms with van der Waals surface area (Å²) in [6, 6.07) is 0. The minimum Gasteiger partial charge on any atom is -0.356 e. The van der Waals surface area contributed by atoms with Crippen LogP contribution in [0.1, 0.15) is 45.4 Å². The first-order valence-corrected chi connectivity index (χ1v) is 6.80. The molecule has 90 valence electrons. The topological polar surface area (TPSA) is 29.1 Å². The molecule has 0 aromatic carbocycles. The van der Waals surface area contributed by atoms with Crippen LogP contribution >= 0.6 is 11.6 Å². The van der Waals surface area contributed by atoms with Crippen LogP contribution in [0, 0.1) is 17.3 Å². The molecule has 4 rings (SSSR count). The van der Waals surface area contributed by atoms with Crippen molar-refractivity contribution >= 4 is 17.5 Å². The maximum Gasteiger partial charge on any atom is 0.216 e. The van der Waals surface area contributed by atoms with Crippen LogP contribution in [0.5, 0.6) is 0 Å². The van der Waals surface area contributed by atoms with Crippen molar-refractivity contribution in [2.75, 3.05) is 6.54 Å². The molecule has 0 heterocycles. The Hall–Kier alpha value is -0.240. The number of alkyl halides is 1. The molecule has 2 nitrogen and oxygen atoms in total. The first-order valence-electron chi connectivity index (χ1n) is 6.42. The molecule has 0 saturated heterocycles. The minimum absolute atomic E-state index is 0.0720. The predicted octanol–water partition coefficient (Wildman–Crippen LogP) is 2.70. The average molecular weight is 242 g/mol. The normalized spacial score (nSPS) is 49.4. The molecular weight excluding hydrogens is 222 g/mol. The van der Waals surface area contributed by atoms with Gasteiger partial charge in [0.05, 0.1) is 0 Å². The zero-order valence-corrected chi connectivity index (χ0v) is 10.6. The van der Waals surface area contributed by atoms with Crippen LogP contribution < -0.4 is 5.32 Å². The second-order valence-electron chi connectivity index (χ2n) is 6.52. The van der Waals surface area contributed by atoms with Gasteiger partial charge in [0.15, 0.2) is 0 Å². The van der Waals surface area contributed by atoms with Gasteiger partial charge in [-0.25, -0.2) is 0 Å². The van der Waals surface area contributed by atoms with Crippen molar-refractivity contribution in [3.05, 3.63) is 0 Å². The summed E-state index contributed by atoms with van der Waals surface area (Å²) in [5.41, 5.74) is 0.331. The number of hydrogen-bond donors (Lipinski definition) is 1. The van der Waals surface area contributed by atoms with E-state index >= 15 is 0 Å². The van der Waals surface area contributed by atoms with Crippen LogP contribution in [0.2, 0.25) is 0 Å². The van der Waals surface area contributed by atoms with Crippen molar-refractivity contribution in [2.45, 2.75) is 50.3 Å². The highest BCUT2D eigenvalue weighted by atomic mass is 35.5. The molecule has 0 radical (unpaired) electrons. The molecule has 4 fully saturated rings. The molecule has 0 aromatic heterocycles. The summed E-state index contributed by atoms with van der Waals surface area (Å²) in [4.78, 5) is 11.1. The number of rotatable bonds is 2. The summed E-state index contributed by atoms with van der Waals surface area (Å²) in [5, 5.41) is 3.02. The van der Waals surface area contributed by atoms with Crippen LogP contribution in [-0.2, 0) is 4.79 Å². The van der Waals surface area contributed by atoms with Gasteiger partial charge in [0.1, 0.15) is 0 Å². The van der Waals surface area contributed by atoms with E-state index in [1.54, 1.807) is 6.92 Å². The van der Waals surface area contributed by atoms with E-state index < -0.39 is 0 Å². The molecule has 1 N–H and O–H groups in total. The first-order chi connectivity index (χ1) is 7.49. The van der Waals surface area contributed by atoms with E-state index in [1.807, 2.05) is 0 Å². The van der Waals surface area contributed by atoms with Gasteiger partial charge in [0, 0.05) is 18.3 Å². The van der Waals surface area contributed by atoms with Gasteiger partial charge in [-0.15, -0.1) is 11.6 Å². The lowest BCUT2D eigenvalue weighted by Gasteiger charge is -2.60. The Morgan fingerprint density at radius 1 is 1.31 bits per heavy atom. The fraction of sp³-hybridized carbons (Fsp3) is 0.923. The fourth-order valence-corrected chi connectivity index (χ4v) is 5.57. The number of hydrogen-bond acceptors (Lipinski definition) is 1. The molecule has 16 heavy (non-hydrogen) atoms. The van der Waals surface area contributed by atoms with Crippen molar-refractivity contribution in [1.82, 2.24) is 5.32 Å². The van der Waals surface area contributed by atoms with E-state index in [0.29, 0.717) is 5.41 Å². The zero-order chi connectivity index (χ0) is 11.4. The SMILES string of the molecule is CC(=O)NCC12CC3CC(CC(Cl)(C3)C1)C2. The maximum absolute atomic E-state index is 11.1. The summed E-state index contributed by atoms with van der Waals surface area (Å²) in [6.07, 6.45) is 7.52. The van der Waals surface area contributed by atoms with Crippen molar-refractivity contribution in [2.24, 2.45) is 17.3 Å². The monoisotopic (exact) mass is 241 g/mol. The largest absolute Gasteiger partial charge is 0.356 e. The second kappa shape index (κ2) is 3.38. The molecule has 0 aliphatic heterocycles. The summed E-state index contributed by atoms with van der Waals surface area (Å²) in [5.74, 6) is 1.75. The zero-order valence-electron chi connectivity index (χ0n) is 9.89. The Labute approximate surface area is 102 Å². The molecule has 4 aliphatic rings. The van der Waals surface area contributed by atoms with E-state index in [1.165, 1.54) is 32.1 Å². The van der Waals surface area contributed by atoms with Crippen LogP contribution in [0.3, 0.4) is 0 Å². The van der Waals surface area contributed by atoms with E-state index in [4.69, 9.17) is 11.6 Å². The van der Waals surface area contributed by atoms with Gasteiger partial charge in [-0.1, -0.05) is 0 Å². The van der Waals surface area contributed by atoms with Gasteiger partial charge in [-0.05, 0) is 55.8 Å². The van der Waals surface area contributed by atoms with E-state index in [2.05, 4.69) is 5.32 Å². The van der Waals surface area contributed by atoms with Crippen LogP contribution in [0.25, 0.3) is 0 Å². The minimum atomic E-state index is 0.0720. The molecule has 4 aliphatic carbocycles. The number of halogens is 1. The number of carbonyl (C=O) groups is 1. The molecule has 4 saturated carbocycles. The third-order valence-electron chi connectivity index (χ3n) is 4.82. The molecule has 0 aromatic rings. The molecular formula is C13H20ClNO. The van der Waals surface area contributed by atoms with Gasteiger partial charge >= 0.3 is 0 Å². The van der Waals surface area contributed by atoms with E-state index in [0.717, 1.165) is 24.8 Å². The highest BCUT2D eigenvalue weighted by Gasteiger charge is 2.56. The molecule has 2 atom stereocenters. The third kappa shape index (κ3) is 1.75. The molecule has 1 amide bonds. The van der Waals surface area contributed by atoms with Crippen LogP contribution in [0.15, 0.2) is 0 Å². The van der Waals surface area contributed by atoms with Crippen molar-refractivity contribution < 1.29 is 4.79 Å². The Balaban J connectivity index is 1.78. The van der Waals surface area contributed by atoms with Crippen LogP contribution in [0.4, 0.5) is 0 Å². The fourth-order valence-electron chi connectivity index (χ4n) is 4.85. The number of carbonyl (C=O) groups excluding carboxylic acids is 1. The average Bonchev–Trinajstić information content (AvgIpc) is 2.10. The lowest BCUT2D eigenvalue weighted by atomic mass is 9.49. The van der Waals surface area contributed by atoms with Crippen molar-refractivity contribution in [1.29, 1.82) is 0 Å². The Morgan fingerprint density at radius 2 is 1.94 bits per heavy atom. The van der Waals surface area contributed by atoms with Crippen molar-refractivity contribution in [3.63, 3.8) is 0 Å². The lowest BCUT2D eigenvalue weighted by Crippen LogP contribution is -2.56. The number of amides is 1. The van der Waals surface area contributed by atoms with Crippen LogP contribution in [-0.4, -0.2) is 17.3 Å². The predicted molar refractivity (Wildman–Crippen MR) is 64.4 cm³/mol. The molecule has 2 unspecified atom stereocenters. The van der Waals surface area contributed by atoms with Gasteiger partial charge in [-0.3, -0.25) is 4.79 Å². The van der Waals surface area contributed by atoms with Gasteiger partial charge in [-0.2, -0.15) is 0 Å². The summed E-state index contributed by atoms with van der Waals surface area (Å²) < 4.78 is 0. The highest BCUT2D eigenvalue weighted by Crippen LogP contribution is 2.63. The van der Waals surface area contributed by atoms with E-state index in [-0.39, 0.29) is 10.8 Å². The van der Waals surface area contributed by atoms with Gasteiger partial charge in [0.2, 0.25) is 5.91 Å². The maximum atomic E-state index is 11.1. The summed E-state index contributed by atoms with van der Waals surface area (Å²) >= 11 is 6.72. The lowest BCUT2D eigenvalue weighted by molar-refractivity contribution is -0.120. The smallest absolute Gasteiger partial charge is 0.216 e. The van der Waals surface area contributed by atoms with E-state index in [9.17, 15) is 4.79 Å². The molecule has 0 spiro atoms. The Bertz CT molecular complexity index is 314. The highest BCUT2D eigenvalue weighted by molar-refractivity contribution is 6.24. The molecule has 3 heteroatoms. The Morgan fingerprint density at radius 3 is 2.44 bits per heavy atom. The second-order valence-corrected chi connectivity index (χ2v) is 7.32. The summed E-state index contributed by atoms with van der Waals surface area (Å²) in [6.45, 7) is 2.46. The van der Waals surface area contributed by atoms with Crippen molar-refractivity contribution in [3.8, 4) is 0 Å².